The smallest absolute Gasteiger partial charge is 0.325 e. The van der Waals surface area contributed by atoms with Crippen molar-refractivity contribution in [3.05, 3.63) is 28.3 Å². The summed E-state index contributed by atoms with van der Waals surface area (Å²) in [4.78, 5) is 21.3. The number of hydrogen-bond acceptors (Lipinski definition) is 7. The van der Waals surface area contributed by atoms with Crippen LogP contribution < -0.4 is 4.74 Å². The van der Waals surface area contributed by atoms with E-state index in [0.29, 0.717) is 16.4 Å². The molecule has 110 valence electrons. The highest BCUT2D eigenvalue weighted by Crippen LogP contribution is 2.37. The summed E-state index contributed by atoms with van der Waals surface area (Å²) in [6.45, 7) is 2.00. The summed E-state index contributed by atoms with van der Waals surface area (Å²) >= 11 is 5.24. The van der Waals surface area contributed by atoms with Gasteiger partial charge < -0.3 is 9.84 Å². The Balaban J connectivity index is 2.91. The summed E-state index contributed by atoms with van der Waals surface area (Å²) in [5.74, 6) is 0.677. The molecule has 0 aliphatic heterocycles. The van der Waals surface area contributed by atoms with Crippen LogP contribution in [-0.2, 0) is 4.79 Å². The van der Waals surface area contributed by atoms with E-state index < -0.39 is 11.0 Å². The average Bonchev–Trinajstić information content (AvgIpc) is 2.43. The Kier molecular flexibility index (Phi) is 6.83. The van der Waals surface area contributed by atoms with Gasteiger partial charge in [0, 0.05) is 11.5 Å². The number of ether oxygens (including phenoxy) is 1. The minimum absolute atomic E-state index is 0.0623. The highest BCUT2D eigenvalue weighted by Gasteiger charge is 2.22. The molecule has 0 saturated carbocycles. The van der Waals surface area contributed by atoms with E-state index in [1.165, 1.54) is 17.8 Å². The molecule has 0 bridgehead atoms. The third-order valence-corrected chi connectivity index (χ3v) is 4.37. The molecule has 6 nitrogen and oxygen atoms in total. The normalized spacial score (nSPS) is 13.6. The fraction of sp³-hybridized carbons (Fsp3) is 0.417. The van der Waals surface area contributed by atoms with Crippen molar-refractivity contribution in [3.63, 3.8) is 0 Å². The molecular formula is C12H15NO5S2. The Hall–Kier alpha value is -1.25. The number of carbonyl (C=O) groups excluding carboxylic acids is 1. The first-order chi connectivity index (χ1) is 9.51. The van der Waals surface area contributed by atoms with Gasteiger partial charge in [-0.25, -0.2) is 0 Å². The average molecular weight is 317 g/mol. The first-order valence-electron chi connectivity index (χ1n) is 5.80. The zero-order valence-electron chi connectivity index (χ0n) is 10.8. The standard InChI is InChI=1S/C12H15NO5S2/c1-8(9(15)5-19)6-20-11-4-2-3-10(18-7-14)12(11)13(16)17/h2-4,7-9,15,19H,5-6H2,1H3. The maximum atomic E-state index is 11.1. The molecule has 0 radical (unpaired) electrons. The van der Waals surface area contributed by atoms with Crippen molar-refractivity contribution in [1.82, 2.24) is 0 Å². The minimum Gasteiger partial charge on any atom is -0.421 e. The van der Waals surface area contributed by atoms with Gasteiger partial charge in [0.1, 0.15) is 0 Å². The van der Waals surface area contributed by atoms with Gasteiger partial charge in [-0.2, -0.15) is 12.6 Å². The fourth-order valence-corrected chi connectivity index (χ4v) is 2.97. The molecule has 1 rings (SSSR count). The first kappa shape index (κ1) is 16.8. The minimum atomic E-state index is -0.582. The second kappa shape index (κ2) is 8.13. The first-order valence-corrected chi connectivity index (χ1v) is 7.42. The molecule has 0 heterocycles. The number of hydrogen-bond donors (Lipinski definition) is 2. The molecule has 2 unspecified atom stereocenters. The molecule has 0 aromatic heterocycles. The van der Waals surface area contributed by atoms with Gasteiger partial charge in [0.2, 0.25) is 5.75 Å². The molecule has 1 N–H and O–H groups in total. The maximum Gasteiger partial charge on any atom is 0.325 e. The summed E-state index contributed by atoms with van der Waals surface area (Å²) in [5.41, 5.74) is -0.239. The van der Waals surface area contributed by atoms with Gasteiger partial charge >= 0.3 is 5.69 Å². The van der Waals surface area contributed by atoms with Crippen LogP contribution in [0.25, 0.3) is 0 Å². The van der Waals surface area contributed by atoms with Gasteiger partial charge in [-0.3, -0.25) is 14.9 Å². The SMILES string of the molecule is CC(CSc1cccc(OC=O)c1[N+](=O)[O-])C(O)CS. The molecule has 0 amide bonds. The molecule has 0 aliphatic rings. The molecular weight excluding hydrogens is 302 g/mol. The molecule has 2 atom stereocenters. The highest BCUT2D eigenvalue weighted by atomic mass is 32.2. The number of benzene rings is 1. The van der Waals surface area contributed by atoms with Crippen LogP contribution in [0.4, 0.5) is 5.69 Å². The molecule has 20 heavy (non-hydrogen) atoms. The van der Waals surface area contributed by atoms with E-state index in [9.17, 15) is 20.0 Å². The van der Waals surface area contributed by atoms with Crippen molar-refractivity contribution in [2.45, 2.75) is 17.9 Å². The molecule has 0 spiro atoms. The zero-order valence-corrected chi connectivity index (χ0v) is 12.5. The van der Waals surface area contributed by atoms with Crippen molar-refractivity contribution in [3.8, 4) is 5.75 Å². The van der Waals surface area contributed by atoms with E-state index in [1.807, 2.05) is 6.92 Å². The lowest BCUT2D eigenvalue weighted by Crippen LogP contribution is -2.21. The van der Waals surface area contributed by atoms with Gasteiger partial charge in [0.05, 0.1) is 15.9 Å². The lowest BCUT2D eigenvalue weighted by Gasteiger charge is -2.16. The molecule has 0 fully saturated rings. The summed E-state index contributed by atoms with van der Waals surface area (Å²) in [6, 6.07) is 4.52. The van der Waals surface area contributed by atoms with Crippen LogP contribution in [0, 0.1) is 16.0 Å². The number of carbonyl (C=O) groups is 1. The summed E-state index contributed by atoms with van der Waals surface area (Å²) in [7, 11) is 0. The maximum absolute atomic E-state index is 11.1. The zero-order chi connectivity index (χ0) is 15.1. The van der Waals surface area contributed by atoms with Crippen molar-refractivity contribution in [2.24, 2.45) is 5.92 Å². The fourth-order valence-electron chi connectivity index (χ4n) is 1.46. The third kappa shape index (κ3) is 4.39. The Morgan fingerprint density at radius 1 is 1.60 bits per heavy atom. The number of aliphatic hydroxyl groups is 1. The number of thioether (sulfide) groups is 1. The summed E-state index contributed by atoms with van der Waals surface area (Å²) in [5, 5.41) is 20.7. The van der Waals surface area contributed by atoms with E-state index in [1.54, 1.807) is 12.1 Å². The second-order valence-corrected chi connectivity index (χ2v) is 5.54. The van der Waals surface area contributed by atoms with E-state index in [-0.39, 0.29) is 23.8 Å². The topological polar surface area (TPSA) is 89.7 Å². The highest BCUT2D eigenvalue weighted by molar-refractivity contribution is 7.99. The van der Waals surface area contributed by atoms with Crippen molar-refractivity contribution in [2.75, 3.05) is 11.5 Å². The van der Waals surface area contributed by atoms with E-state index in [2.05, 4.69) is 17.4 Å². The molecule has 1 aromatic carbocycles. The van der Waals surface area contributed by atoms with E-state index in [0.717, 1.165) is 0 Å². The van der Waals surface area contributed by atoms with E-state index in [4.69, 9.17) is 0 Å². The van der Waals surface area contributed by atoms with Crippen LogP contribution in [-0.4, -0.2) is 34.1 Å². The third-order valence-electron chi connectivity index (χ3n) is 2.67. The van der Waals surface area contributed by atoms with Gasteiger partial charge in [-0.05, 0) is 18.1 Å². The van der Waals surface area contributed by atoms with Crippen LogP contribution in [0.5, 0.6) is 5.75 Å². The second-order valence-electron chi connectivity index (χ2n) is 4.11. The largest absolute Gasteiger partial charge is 0.421 e. The lowest BCUT2D eigenvalue weighted by molar-refractivity contribution is -0.388. The van der Waals surface area contributed by atoms with Gasteiger partial charge in [0.25, 0.3) is 6.47 Å². The Bertz CT molecular complexity index is 483. The van der Waals surface area contributed by atoms with Crippen LogP contribution in [0.3, 0.4) is 0 Å². The summed E-state index contributed by atoms with van der Waals surface area (Å²) < 4.78 is 4.62. The van der Waals surface area contributed by atoms with Gasteiger partial charge in [-0.15, -0.1) is 11.8 Å². The number of rotatable bonds is 8. The number of nitro groups is 1. The monoisotopic (exact) mass is 317 g/mol. The quantitative estimate of drug-likeness (QED) is 0.251. The van der Waals surface area contributed by atoms with Crippen LogP contribution in [0.15, 0.2) is 23.1 Å². The molecule has 0 saturated heterocycles. The van der Waals surface area contributed by atoms with Gasteiger partial charge in [-0.1, -0.05) is 13.0 Å². The van der Waals surface area contributed by atoms with Crippen LogP contribution in [0.2, 0.25) is 0 Å². The van der Waals surface area contributed by atoms with Gasteiger partial charge in [0.15, 0.2) is 0 Å². The summed E-state index contributed by atoms with van der Waals surface area (Å²) in [6.07, 6.45) is -0.570. The number of nitrogens with zero attached hydrogens (tertiary/aromatic N) is 1. The molecule has 1 aromatic rings. The predicted molar refractivity (Wildman–Crippen MR) is 79.5 cm³/mol. The Morgan fingerprint density at radius 3 is 2.85 bits per heavy atom. The Labute approximate surface area is 126 Å². The van der Waals surface area contributed by atoms with Crippen LogP contribution >= 0.6 is 24.4 Å². The number of nitro benzene ring substituents is 1. The predicted octanol–water partition coefficient (Wildman–Crippen LogP) is 2.15. The number of para-hydroxylation sites is 1. The molecule has 0 aliphatic carbocycles. The Morgan fingerprint density at radius 2 is 2.30 bits per heavy atom. The lowest BCUT2D eigenvalue weighted by atomic mass is 10.1. The van der Waals surface area contributed by atoms with Crippen LogP contribution in [0.1, 0.15) is 6.92 Å². The number of aliphatic hydroxyl groups excluding tert-OH is 1. The number of thiol groups is 1. The van der Waals surface area contributed by atoms with E-state index >= 15 is 0 Å². The van der Waals surface area contributed by atoms with Crippen molar-refractivity contribution in [1.29, 1.82) is 0 Å². The van der Waals surface area contributed by atoms with Crippen molar-refractivity contribution < 1.29 is 19.6 Å². The van der Waals surface area contributed by atoms with Crippen molar-refractivity contribution >= 4 is 36.6 Å². The molecule has 8 heteroatoms.